The summed E-state index contributed by atoms with van der Waals surface area (Å²) >= 11 is 7.49. The fourth-order valence-electron chi connectivity index (χ4n) is 1.71. The number of hydrogen-bond acceptors (Lipinski definition) is 2. The van der Waals surface area contributed by atoms with Gasteiger partial charge in [-0.05, 0) is 36.5 Å². The molecule has 0 amide bonds. The highest BCUT2D eigenvalue weighted by Gasteiger charge is 2.24. The van der Waals surface area contributed by atoms with E-state index in [1.54, 1.807) is 11.3 Å². The molecule has 0 atom stereocenters. The number of alkyl halides is 1. The number of halogens is 1. The average molecular weight is 224 g/mol. The molecule has 2 heterocycles. The van der Waals surface area contributed by atoms with Gasteiger partial charge in [-0.1, -0.05) is 0 Å². The number of pyridine rings is 1. The monoisotopic (exact) mass is 223 g/mol. The molecule has 1 saturated carbocycles. The molecule has 0 aliphatic heterocycles. The molecule has 14 heavy (non-hydrogen) atoms. The van der Waals surface area contributed by atoms with Crippen LogP contribution in [0.4, 0.5) is 0 Å². The summed E-state index contributed by atoms with van der Waals surface area (Å²) in [5, 5.41) is 1.26. The topological polar surface area (TPSA) is 12.9 Å². The molecule has 0 unspecified atom stereocenters. The van der Waals surface area contributed by atoms with Crippen LogP contribution in [0.2, 0.25) is 0 Å². The zero-order valence-electron chi connectivity index (χ0n) is 7.66. The van der Waals surface area contributed by atoms with Crippen LogP contribution in [-0.4, -0.2) is 4.98 Å². The second-order valence-electron chi connectivity index (χ2n) is 3.78. The summed E-state index contributed by atoms with van der Waals surface area (Å²) in [4.78, 5) is 6.80. The van der Waals surface area contributed by atoms with Crippen molar-refractivity contribution >= 4 is 33.2 Å². The highest BCUT2D eigenvalue weighted by molar-refractivity contribution is 7.18. The number of thiophene rings is 1. The van der Waals surface area contributed by atoms with Gasteiger partial charge in [0.1, 0.15) is 4.83 Å². The SMILES string of the molecule is ClCc1cc2cc(C3CC3)cnc2s1. The molecule has 3 heteroatoms. The normalized spacial score (nSPS) is 16.4. The maximum absolute atomic E-state index is 5.80. The van der Waals surface area contributed by atoms with Gasteiger partial charge in [0.15, 0.2) is 0 Å². The summed E-state index contributed by atoms with van der Waals surface area (Å²) in [5.41, 5.74) is 1.40. The molecule has 1 nitrogen and oxygen atoms in total. The van der Waals surface area contributed by atoms with Crippen molar-refractivity contribution in [1.29, 1.82) is 0 Å². The third kappa shape index (κ3) is 1.43. The molecular weight excluding hydrogens is 214 g/mol. The summed E-state index contributed by atoms with van der Waals surface area (Å²) in [6.07, 6.45) is 4.69. The predicted molar refractivity (Wildman–Crippen MR) is 61.2 cm³/mol. The van der Waals surface area contributed by atoms with Gasteiger partial charge in [-0.2, -0.15) is 0 Å². The van der Waals surface area contributed by atoms with Crippen LogP contribution in [0, 0.1) is 0 Å². The fraction of sp³-hybridized carbons (Fsp3) is 0.364. The minimum absolute atomic E-state index is 0.597. The molecule has 1 aliphatic rings. The van der Waals surface area contributed by atoms with Crippen LogP contribution in [0.3, 0.4) is 0 Å². The second-order valence-corrected chi connectivity index (χ2v) is 5.17. The molecular formula is C11H10ClNS. The Kier molecular flexibility index (Phi) is 1.99. The molecule has 2 aromatic heterocycles. The van der Waals surface area contributed by atoms with Crippen LogP contribution in [0.15, 0.2) is 18.3 Å². The molecule has 0 N–H and O–H groups in total. The largest absolute Gasteiger partial charge is 0.245 e. The first kappa shape index (κ1) is 8.69. The fourth-order valence-corrected chi connectivity index (χ4v) is 2.78. The Balaban J connectivity index is 2.12. The third-order valence-electron chi connectivity index (χ3n) is 2.62. The van der Waals surface area contributed by atoms with Crippen molar-refractivity contribution < 1.29 is 0 Å². The zero-order chi connectivity index (χ0) is 9.54. The number of fused-ring (bicyclic) bond motifs is 1. The maximum Gasteiger partial charge on any atom is 0.123 e. The van der Waals surface area contributed by atoms with Gasteiger partial charge in [0.2, 0.25) is 0 Å². The van der Waals surface area contributed by atoms with Crippen molar-refractivity contribution in [1.82, 2.24) is 4.98 Å². The van der Waals surface area contributed by atoms with Crippen LogP contribution >= 0.6 is 22.9 Å². The number of aromatic nitrogens is 1. The molecule has 72 valence electrons. The Hall–Kier alpha value is -0.600. The van der Waals surface area contributed by atoms with Gasteiger partial charge in [0.25, 0.3) is 0 Å². The van der Waals surface area contributed by atoms with E-state index in [1.165, 1.54) is 28.7 Å². The lowest BCUT2D eigenvalue weighted by Crippen LogP contribution is -1.80. The van der Waals surface area contributed by atoms with Crippen molar-refractivity contribution in [3.8, 4) is 0 Å². The molecule has 0 saturated heterocycles. The summed E-state index contributed by atoms with van der Waals surface area (Å²) < 4.78 is 0. The Labute approximate surface area is 91.7 Å². The Bertz CT molecular complexity index is 473. The molecule has 0 bridgehead atoms. The van der Waals surface area contributed by atoms with E-state index in [9.17, 15) is 0 Å². The Morgan fingerprint density at radius 1 is 1.43 bits per heavy atom. The second kappa shape index (κ2) is 3.21. The smallest absolute Gasteiger partial charge is 0.123 e. The average Bonchev–Trinajstić information content (AvgIpc) is 2.97. The van der Waals surface area contributed by atoms with Gasteiger partial charge in [-0.15, -0.1) is 22.9 Å². The van der Waals surface area contributed by atoms with Crippen molar-refractivity contribution in [3.63, 3.8) is 0 Å². The van der Waals surface area contributed by atoms with Gasteiger partial charge < -0.3 is 0 Å². The number of rotatable bonds is 2. The van der Waals surface area contributed by atoms with Crippen molar-refractivity contribution in [2.45, 2.75) is 24.6 Å². The maximum atomic E-state index is 5.80. The third-order valence-corrected chi connectivity index (χ3v) is 4.13. The first-order valence-electron chi connectivity index (χ1n) is 4.81. The van der Waals surface area contributed by atoms with E-state index in [0.29, 0.717) is 5.88 Å². The lowest BCUT2D eigenvalue weighted by molar-refractivity contribution is 1.11. The number of hydrogen-bond donors (Lipinski definition) is 0. The number of nitrogens with zero attached hydrogens (tertiary/aromatic N) is 1. The minimum atomic E-state index is 0.597. The quantitative estimate of drug-likeness (QED) is 0.704. The van der Waals surface area contributed by atoms with Gasteiger partial charge >= 0.3 is 0 Å². The van der Waals surface area contributed by atoms with E-state index in [1.807, 2.05) is 6.20 Å². The first-order valence-corrected chi connectivity index (χ1v) is 6.16. The molecule has 0 aromatic carbocycles. The van der Waals surface area contributed by atoms with Crippen LogP contribution < -0.4 is 0 Å². The standard InChI is InChI=1S/C11H10ClNS/c12-5-10-4-8-3-9(7-1-2-7)6-13-11(8)14-10/h3-4,6-7H,1-2,5H2. The van der Waals surface area contributed by atoms with E-state index in [0.717, 1.165) is 10.7 Å². The van der Waals surface area contributed by atoms with Gasteiger partial charge in [0, 0.05) is 16.5 Å². The van der Waals surface area contributed by atoms with E-state index < -0.39 is 0 Å². The molecule has 1 fully saturated rings. The summed E-state index contributed by atoms with van der Waals surface area (Å²) in [5.74, 6) is 1.38. The zero-order valence-corrected chi connectivity index (χ0v) is 9.24. The van der Waals surface area contributed by atoms with Crippen molar-refractivity contribution in [2.75, 3.05) is 0 Å². The highest BCUT2D eigenvalue weighted by atomic mass is 35.5. The van der Waals surface area contributed by atoms with Gasteiger partial charge in [-0.25, -0.2) is 4.98 Å². The van der Waals surface area contributed by atoms with Crippen LogP contribution in [-0.2, 0) is 5.88 Å². The Morgan fingerprint density at radius 3 is 3.00 bits per heavy atom. The lowest BCUT2D eigenvalue weighted by atomic mass is 10.1. The molecule has 0 radical (unpaired) electrons. The van der Waals surface area contributed by atoms with E-state index >= 15 is 0 Å². The van der Waals surface area contributed by atoms with E-state index in [-0.39, 0.29) is 0 Å². The molecule has 2 aromatic rings. The van der Waals surface area contributed by atoms with Crippen molar-refractivity contribution in [3.05, 3.63) is 28.8 Å². The minimum Gasteiger partial charge on any atom is -0.245 e. The highest BCUT2D eigenvalue weighted by Crippen LogP contribution is 2.41. The summed E-state index contributed by atoms with van der Waals surface area (Å²) in [6.45, 7) is 0. The molecule has 0 spiro atoms. The summed E-state index contributed by atoms with van der Waals surface area (Å²) in [7, 11) is 0. The van der Waals surface area contributed by atoms with Gasteiger partial charge in [-0.3, -0.25) is 0 Å². The predicted octanol–water partition coefficient (Wildman–Crippen LogP) is 3.91. The van der Waals surface area contributed by atoms with Crippen LogP contribution in [0.25, 0.3) is 10.2 Å². The molecule has 3 rings (SSSR count). The van der Waals surface area contributed by atoms with Crippen molar-refractivity contribution in [2.24, 2.45) is 0 Å². The first-order chi connectivity index (χ1) is 6.86. The van der Waals surface area contributed by atoms with Crippen LogP contribution in [0.5, 0.6) is 0 Å². The summed E-state index contributed by atoms with van der Waals surface area (Å²) in [6, 6.07) is 4.43. The van der Waals surface area contributed by atoms with E-state index in [2.05, 4.69) is 17.1 Å². The van der Waals surface area contributed by atoms with E-state index in [4.69, 9.17) is 11.6 Å². The molecule has 1 aliphatic carbocycles. The van der Waals surface area contributed by atoms with Crippen LogP contribution in [0.1, 0.15) is 29.2 Å². The lowest BCUT2D eigenvalue weighted by Gasteiger charge is -1.95. The Morgan fingerprint density at radius 2 is 2.29 bits per heavy atom. The van der Waals surface area contributed by atoms with Gasteiger partial charge in [0.05, 0.1) is 5.88 Å².